The maximum absolute atomic E-state index is 11.3. The molecule has 0 aromatic heterocycles. The molecule has 2 amide bonds. The van der Waals surface area contributed by atoms with Crippen LogP contribution in [0.3, 0.4) is 0 Å². The number of methoxy groups -OCH3 is 1. The molecule has 1 aromatic carbocycles. The van der Waals surface area contributed by atoms with Crippen molar-refractivity contribution in [2.45, 2.75) is 13.0 Å². The Hall–Kier alpha value is -2.01. The van der Waals surface area contributed by atoms with E-state index in [4.69, 9.17) is 9.84 Å². The second-order valence-electron chi connectivity index (χ2n) is 3.81. The summed E-state index contributed by atoms with van der Waals surface area (Å²) in [5.74, 6) is 0.760. The van der Waals surface area contributed by atoms with Crippen molar-refractivity contribution < 1.29 is 14.6 Å². The van der Waals surface area contributed by atoms with Gasteiger partial charge in [-0.05, 0) is 30.7 Å². The number of rotatable bonds is 5. The fraction of sp³-hybridized carbons (Fsp3) is 0.308. The summed E-state index contributed by atoms with van der Waals surface area (Å²) in [7, 11) is 1.60. The number of hydrogen-bond donors (Lipinski definition) is 3. The Bertz CT molecular complexity index is 416. The van der Waals surface area contributed by atoms with Gasteiger partial charge in [-0.15, -0.1) is 0 Å². The molecule has 98 valence electrons. The summed E-state index contributed by atoms with van der Waals surface area (Å²) in [5.41, 5.74) is 0.921. The molecule has 18 heavy (non-hydrogen) atoms. The predicted octanol–water partition coefficient (Wildman–Crippen LogP) is 1.35. The van der Waals surface area contributed by atoms with Crippen LogP contribution in [0.2, 0.25) is 0 Å². The molecular formula is C13H18N2O3. The Balaban J connectivity index is 2.42. The van der Waals surface area contributed by atoms with Gasteiger partial charge in [-0.25, -0.2) is 4.79 Å². The van der Waals surface area contributed by atoms with Gasteiger partial charge in [0, 0.05) is 12.7 Å². The minimum Gasteiger partial charge on any atom is -0.497 e. The monoisotopic (exact) mass is 250 g/mol. The first-order chi connectivity index (χ1) is 8.61. The van der Waals surface area contributed by atoms with Gasteiger partial charge in [-0.2, -0.15) is 0 Å². The minimum atomic E-state index is -0.557. The van der Waals surface area contributed by atoms with Gasteiger partial charge in [0.2, 0.25) is 0 Å². The number of nitrogens with one attached hydrogen (secondary N) is 2. The van der Waals surface area contributed by atoms with E-state index in [9.17, 15) is 4.79 Å². The van der Waals surface area contributed by atoms with E-state index < -0.39 is 6.10 Å². The molecule has 5 nitrogen and oxygen atoms in total. The van der Waals surface area contributed by atoms with Gasteiger partial charge >= 0.3 is 6.03 Å². The quantitative estimate of drug-likeness (QED) is 0.738. The van der Waals surface area contributed by atoms with Crippen LogP contribution >= 0.6 is 0 Å². The van der Waals surface area contributed by atoms with E-state index in [1.54, 1.807) is 20.1 Å². The zero-order valence-corrected chi connectivity index (χ0v) is 10.5. The zero-order valence-electron chi connectivity index (χ0n) is 10.5. The summed E-state index contributed by atoms with van der Waals surface area (Å²) in [6, 6.07) is 7.11. The van der Waals surface area contributed by atoms with Crippen molar-refractivity contribution in [3.63, 3.8) is 0 Å². The van der Waals surface area contributed by atoms with Gasteiger partial charge in [-0.1, -0.05) is 12.1 Å². The highest BCUT2D eigenvalue weighted by atomic mass is 16.5. The highest BCUT2D eigenvalue weighted by Crippen LogP contribution is 2.13. The van der Waals surface area contributed by atoms with Crippen LogP contribution in [-0.2, 0) is 0 Å². The average Bonchev–Trinajstić information content (AvgIpc) is 2.36. The molecule has 0 heterocycles. The number of ether oxygens (including phenoxy) is 1. The fourth-order valence-corrected chi connectivity index (χ4v) is 1.25. The smallest absolute Gasteiger partial charge is 0.318 e. The van der Waals surface area contributed by atoms with Crippen molar-refractivity contribution in [3.05, 3.63) is 36.0 Å². The largest absolute Gasteiger partial charge is 0.497 e. The first kappa shape index (κ1) is 14.1. The van der Waals surface area contributed by atoms with Crippen molar-refractivity contribution in [1.82, 2.24) is 10.6 Å². The van der Waals surface area contributed by atoms with Crippen molar-refractivity contribution >= 4 is 12.1 Å². The maximum Gasteiger partial charge on any atom is 0.318 e. The molecule has 0 aliphatic rings. The lowest BCUT2D eigenvalue weighted by molar-refractivity contribution is 0.188. The molecule has 0 saturated carbocycles. The van der Waals surface area contributed by atoms with E-state index >= 15 is 0 Å². The Kier molecular flexibility index (Phi) is 5.73. The lowest BCUT2D eigenvalue weighted by Crippen LogP contribution is -2.36. The number of benzene rings is 1. The van der Waals surface area contributed by atoms with E-state index in [1.165, 1.54) is 6.20 Å². The third kappa shape index (κ3) is 5.36. The highest BCUT2D eigenvalue weighted by molar-refractivity contribution is 5.75. The molecule has 1 rings (SSSR count). The molecular weight excluding hydrogens is 232 g/mol. The molecule has 1 unspecified atom stereocenters. The summed E-state index contributed by atoms with van der Waals surface area (Å²) in [5, 5.41) is 14.0. The number of amides is 2. The van der Waals surface area contributed by atoms with Crippen LogP contribution in [0, 0.1) is 0 Å². The summed E-state index contributed by atoms with van der Waals surface area (Å²) in [4.78, 5) is 11.3. The topological polar surface area (TPSA) is 70.6 Å². The first-order valence-corrected chi connectivity index (χ1v) is 5.65. The summed E-state index contributed by atoms with van der Waals surface area (Å²) < 4.78 is 5.09. The third-order valence-electron chi connectivity index (χ3n) is 2.14. The fourth-order valence-electron chi connectivity index (χ4n) is 1.25. The highest BCUT2D eigenvalue weighted by Gasteiger charge is 1.99. The number of hydrogen-bond acceptors (Lipinski definition) is 3. The molecule has 0 saturated heterocycles. The number of urea groups is 1. The molecule has 0 aliphatic heterocycles. The van der Waals surface area contributed by atoms with Crippen molar-refractivity contribution in [2.75, 3.05) is 13.7 Å². The molecule has 1 aromatic rings. The van der Waals surface area contributed by atoms with E-state index in [0.717, 1.165) is 11.3 Å². The predicted molar refractivity (Wildman–Crippen MR) is 70.2 cm³/mol. The summed E-state index contributed by atoms with van der Waals surface area (Å²) >= 11 is 0. The standard InChI is InChI=1S/C13H18N2O3/c1-10(16)9-15-13(17)14-7-6-11-4-3-5-12(8-11)18-2/h3-8,10,16H,9H2,1-2H3,(H2,14,15,17)/b7-6+. The summed E-state index contributed by atoms with van der Waals surface area (Å²) in [6.45, 7) is 1.82. The average molecular weight is 250 g/mol. The lowest BCUT2D eigenvalue weighted by atomic mass is 10.2. The molecule has 0 spiro atoms. The van der Waals surface area contributed by atoms with E-state index in [2.05, 4.69) is 10.6 Å². The van der Waals surface area contributed by atoms with Crippen LogP contribution in [0.5, 0.6) is 5.75 Å². The van der Waals surface area contributed by atoms with Gasteiger partial charge in [0.1, 0.15) is 5.75 Å². The van der Waals surface area contributed by atoms with Crippen LogP contribution < -0.4 is 15.4 Å². The van der Waals surface area contributed by atoms with Crippen LogP contribution in [-0.4, -0.2) is 30.9 Å². The van der Waals surface area contributed by atoms with Gasteiger partial charge in [0.15, 0.2) is 0 Å². The van der Waals surface area contributed by atoms with Gasteiger partial charge in [-0.3, -0.25) is 0 Å². The van der Waals surface area contributed by atoms with Gasteiger partial charge in [0.05, 0.1) is 13.2 Å². The van der Waals surface area contributed by atoms with Gasteiger partial charge in [0.25, 0.3) is 0 Å². The Morgan fingerprint density at radius 1 is 1.56 bits per heavy atom. The van der Waals surface area contributed by atoms with Crippen molar-refractivity contribution in [1.29, 1.82) is 0 Å². The third-order valence-corrected chi connectivity index (χ3v) is 2.14. The van der Waals surface area contributed by atoms with E-state index in [-0.39, 0.29) is 12.6 Å². The Labute approximate surface area is 106 Å². The molecule has 0 bridgehead atoms. The van der Waals surface area contributed by atoms with Crippen LogP contribution in [0.4, 0.5) is 4.79 Å². The number of carbonyl (C=O) groups is 1. The van der Waals surface area contributed by atoms with Crippen molar-refractivity contribution in [2.24, 2.45) is 0 Å². The van der Waals surface area contributed by atoms with Crippen LogP contribution in [0.25, 0.3) is 6.08 Å². The van der Waals surface area contributed by atoms with Crippen LogP contribution in [0.15, 0.2) is 30.5 Å². The molecule has 0 aliphatic carbocycles. The lowest BCUT2D eigenvalue weighted by Gasteiger charge is -2.06. The second kappa shape index (κ2) is 7.34. The molecule has 3 N–H and O–H groups in total. The molecule has 0 fully saturated rings. The van der Waals surface area contributed by atoms with Crippen LogP contribution in [0.1, 0.15) is 12.5 Å². The number of aliphatic hydroxyl groups excluding tert-OH is 1. The summed E-state index contributed by atoms with van der Waals surface area (Å²) in [6.07, 6.45) is 2.73. The number of aliphatic hydroxyl groups is 1. The SMILES string of the molecule is COc1cccc(/C=C/NC(=O)NCC(C)O)c1. The Morgan fingerprint density at radius 2 is 2.33 bits per heavy atom. The second-order valence-corrected chi connectivity index (χ2v) is 3.81. The van der Waals surface area contributed by atoms with E-state index in [1.807, 2.05) is 24.3 Å². The van der Waals surface area contributed by atoms with Crippen molar-refractivity contribution in [3.8, 4) is 5.75 Å². The van der Waals surface area contributed by atoms with Gasteiger partial charge < -0.3 is 20.5 Å². The molecule has 0 radical (unpaired) electrons. The zero-order chi connectivity index (χ0) is 13.4. The molecule has 5 heteroatoms. The minimum absolute atomic E-state index is 0.221. The normalized spacial score (nSPS) is 12.2. The molecule has 1 atom stereocenters. The maximum atomic E-state index is 11.3. The number of carbonyl (C=O) groups excluding carboxylic acids is 1. The first-order valence-electron chi connectivity index (χ1n) is 5.65. The van der Waals surface area contributed by atoms with E-state index in [0.29, 0.717) is 0 Å². The Morgan fingerprint density at radius 3 is 3.00 bits per heavy atom.